The van der Waals surface area contributed by atoms with Gasteiger partial charge >= 0.3 is 0 Å². The number of carbonyl (C=O) groups is 1. The zero-order valence-corrected chi connectivity index (χ0v) is 13.2. The normalized spacial score (nSPS) is 11.2. The van der Waals surface area contributed by atoms with Crippen molar-refractivity contribution in [2.45, 2.75) is 39.7 Å². The number of hydrogen-bond donors (Lipinski definition) is 1. The predicted octanol–water partition coefficient (Wildman–Crippen LogP) is 3.90. The first-order chi connectivity index (χ1) is 9.89. The molecule has 0 aliphatic carbocycles. The van der Waals surface area contributed by atoms with Crippen LogP contribution in [0.15, 0.2) is 48.5 Å². The van der Waals surface area contributed by atoms with Crippen LogP contribution in [0.25, 0.3) is 0 Å². The van der Waals surface area contributed by atoms with Gasteiger partial charge in [-0.2, -0.15) is 0 Å². The van der Waals surface area contributed by atoms with E-state index in [1.165, 1.54) is 11.1 Å². The Kier molecular flexibility index (Phi) is 4.46. The Labute approximate surface area is 127 Å². The van der Waals surface area contributed by atoms with Gasteiger partial charge in [0.2, 0.25) is 5.91 Å². The third kappa shape index (κ3) is 3.72. The van der Waals surface area contributed by atoms with Gasteiger partial charge in [0.25, 0.3) is 0 Å². The summed E-state index contributed by atoms with van der Waals surface area (Å²) in [6, 6.07) is 16.4. The molecule has 0 bridgehead atoms. The molecule has 2 aromatic carbocycles. The molecule has 0 spiro atoms. The third-order valence-corrected chi connectivity index (χ3v) is 3.91. The lowest BCUT2D eigenvalue weighted by Gasteiger charge is -2.24. The number of rotatable bonds is 4. The van der Waals surface area contributed by atoms with Crippen molar-refractivity contribution >= 4 is 5.91 Å². The van der Waals surface area contributed by atoms with E-state index in [2.05, 4.69) is 36.5 Å². The molecule has 0 fully saturated rings. The van der Waals surface area contributed by atoms with E-state index in [0.29, 0.717) is 6.54 Å². The van der Waals surface area contributed by atoms with Gasteiger partial charge in [-0.3, -0.25) is 4.79 Å². The Morgan fingerprint density at radius 2 is 1.38 bits per heavy atom. The first-order valence-corrected chi connectivity index (χ1v) is 7.30. The maximum atomic E-state index is 12.5. The van der Waals surface area contributed by atoms with Crippen LogP contribution in [-0.2, 0) is 16.8 Å². The molecule has 0 saturated carbocycles. The molecule has 2 aromatic rings. The lowest BCUT2D eigenvalue weighted by molar-refractivity contribution is -0.125. The monoisotopic (exact) mass is 281 g/mol. The summed E-state index contributed by atoms with van der Waals surface area (Å²) in [5.41, 5.74) is 4.06. The molecule has 0 aliphatic heterocycles. The molecule has 2 rings (SSSR count). The van der Waals surface area contributed by atoms with E-state index < -0.39 is 5.41 Å². The summed E-state index contributed by atoms with van der Waals surface area (Å²) in [5, 5.41) is 3.03. The van der Waals surface area contributed by atoms with Crippen molar-refractivity contribution in [1.29, 1.82) is 0 Å². The first-order valence-electron chi connectivity index (χ1n) is 7.30. The molecule has 2 heteroatoms. The summed E-state index contributed by atoms with van der Waals surface area (Å²) in [7, 11) is 0. The van der Waals surface area contributed by atoms with Crippen molar-refractivity contribution in [3.63, 3.8) is 0 Å². The smallest absolute Gasteiger partial charge is 0.230 e. The largest absolute Gasteiger partial charge is 0.351 e. The van der Waals surface area contributed by atoms with Gasteiger partial charge in [-0.1, -0.05) is 59.7 Å². The number of hydrogen-bond acceptors (Lipinski definition) is 1. The van der Waals surface area contributed by atoms with Crippen LogP contribution in [0.3, 0.4) is 0 Å². The average Bonchev–Trinajstić information content (AvgIpc) is 2.46. The molecule has 2 nitrogen and oxygen atoms in total. The summed E-state index contributed by atoms with van der Waals surface area (Å²) in [6.07, 6.45) is 0. The Morgan fingerprint density at radius 3 is 1.90 bits per heavy atom. The van der Waals surface area contributed by atoms with Gasteiger partial charge in [0.05, 0.1) is 5.41 Å². The Balaban J connectivity index is 2.04. The van der Waals surface area contributed by atoms with Gasteiger partial charge < -0.3 is 5.32 Å². The fourth-order valence-electron chi connectivity index (χ4n) is 2.21. The lowest BCUT2D eigenvalue weighted by atomic mass is 9.83. The van der Waals surface area contributed by atoms with Crippen molar-refractivity contribution in [3.8, 4) is 0 Å². The highest BCUT2D eigenvalue weighted by atomic mass is 16.2. The maximum Gasteiger partial charge on any atom is 0.230 e. The van der Waals surface area contributed by atoms with E-state index in [4.69, 9.17) is 0 Å². The zero-order valence-electron chi connectivity index (χ0n) is 13.2. The number of aryl methyl sites for hydroxylation is 2. The quantitative estimate of drug-likeness (QED) is 0.905. The molecular weight excluding hydrogens is 258 g/mol. The van der Waals surface area contributed by atoms with Crippen molar-refractivity contribution < 1.29 is 4.79 Å². The lowest BCUT2D eigenvalue weighted by Crippen LogP contribution is -2.39. The summed E-state index contributed by atoms with van der Waals surface area (Å²) in [4.78, 5) is 12.5. The van der Waals surface area contributed by atoms with Crippen molar-refractivity contribution in [2.24, 2.45) is 0 Å². The Morgan fingerprint density at radius 1 is 0.905 bits per heavy atom. The summed E-state index contributed by atoms with van der Waals surface area (Å²) >= 11 is 0. The molecule has 1 amide bonds. The van der Waals surface area contributed by atoms with E-state index in [9.17, 15) is 4.79 Å². The molecule has 0 aromatic heterocycles. The van der Waals surface area contributed by atoms with E-state index >= 15 is 0 Å². The second-order valence-corrected chi connectivity index (χ2v) is 6.16. The van der Waals surface area contributed by atoms with Crippen LogP contribution in [0, 0.1) is 13.8 Å². The van der Waals surface area contributed by atoms with Crippen LogP contribution in [0.1, 0.15) is 36.1 Å². The highest BCUT2D eigenvalue weighted by Crippen LogP contribution is 2.23. The fourth-order valence-corrected chi connectivity index (χ4v) is 2.21. The topological polar surface area (TPSA) is 29.1 Å². The minimum Gasteiger partial charge on any atom is -0.351 e. The molecule has 0 saturated heterocycles. The van der Waals surface area contributed by atoms with Gasteiger partial charge in [0.1, 0.15) is 0 Å². The van der Waals surface area contributed by atoms with E-state index in [-0.39, 0.29) is 5.91 Å². The van der Waals surface area contributed by atoms with Crippen LogP contribution in [0.2, 0.25) is 0 Å². The van der Waals surface area contributed by atoms with E-state index in [1.807, 2.05) is 45.0 Å². The van der Waals surface area contributed by atoms with Gasteiger partial charge in [-0.15, -0.1) is 0 Å². The van der Waals surface area contributed by atoms with Crippen LogP contribution >= 0.6 is 0 Å². The molecule has 0 atom stereocenters. The Bertz CT molecular complexity index is 609. The predicted molar refractivity (Wildman–Crippen MR) is 87.2 cm³/mol. The highest BCUT2D eigenvalue weighted by Gasteiger charge is 2.29. The standard InChI is InChI=1S/C19H23NO/c1-14-5-9-16(10-6-14)13-20-18(21)19(3,4)17-11-7-15(2)8-12-17/h5-12H,13H2,1-4H3,(H,20,21). The van der Waals surface area contributed by atoms with Crippen molar-refractivity contribution in [2.75, 3.05) is 0 Å². The van der Waals surface area contributed by atoms with Crippen LogP contribution in [0.5, 0.6) is 0 Å². The zero-order chi connectivity index (χ0) is 15.5. The molecule has 21 heavy (non-hydrogen) atoms. The molecule has 1 N–H and O–H groups in total. The minimum atomic E-state index is -0.529. The number of benzene rings is 2. The van der Waals surface area contributed by atoms with Crippen LogP contribution in [0.4, 0.5) is 0 Å². The minimum absolute atomic E-state index is 0.0481. The maximum absolute atomic E-state index is 12.5. The summed E-state index contributed by atoms with van der Waals surface area (Å²) in [6.45, 7) is 8.59. The van der Waals surface area contributed by atoms with Gasteiger partial charge in [0.15, 0.2) is 0 Å². The Hall–Kier alpha value is -2.09. The molecular formula is C19H23NO. The van der Waals surface area contributed by atoms with Crippen molar-refractivity contribution in [1.82, 2.24) is 5.32 Å². The summed E-state index contributed by atoms with van der Waals surface area (Å²) in [5.74, 6) is 0.0481. The van der Waals surface area contributed by atoms with E-state index in [1.54, 1.807) is 0 Å². The molecule has 0 radical (unpaired) electrons. The number of amides is 1. The SMILES string of the molecule is Cc1ccc(CNC(=O)C(C)(C)c2ccc(C)cc2)cc1. The molecule has 110 valence electrons. The van der Waals surface area contributed by atoms with E-state index in [0.717, 1.165) is 11.1 Å². The van der Waals surface area contributed by atoms with Gasteiger partial charge in [0, 0.05) is 6.54 Å². The molecule has 0 unspecified atom stereocenters. The first kappa shape index (κ1) is 15.3. The fraction of sp³-hybridized carbons (Fsp3) is 0.316. The number of nitrogens with one attached hydrogen (secondary N) is 1. The highest BCUT2D eigenvalue weighted by molar-refractivity contribution is 5.87. The van der Waals surface area contributed by atoms with Gasteiger partial charge in [-0.25, -0.2) is 0 Å². The van der Waals surface area contributed by atoms with Crippen molar-refractivity contribution in [3.05, 3.63) is 70.8 Å². The number of carbonyl (C=O) groups excluding carboxylic acids is 1. The average molecular weight is 281 g/mol. The van der Waals surface area contributed by atoms with Crippen LogP contribution < -0.4 is 5.32 Å². The van der Waals surface area contributed by atoms with Crippen LogP contribution in [-0.4, -0.2) is 5.91 Å². The second kappa shape index (κ2) is 6.13. The second-order valence-electron chi connectivity index (χ2n) is 6.16. The molecule has 0 heterocycles. The third-order valence-electron chi connectivity index (χ3n) is 3.91. The summed E-state index contributed by atoms with van der Waals surface area (Å²) < 4.78 is 0. The van der Waals surface area contributed by atoms with Gasteiger partial charge in [-0.05, 0) is 38.8 Å². The molecule has 0 aliphatic rings.